The van der Waals surface area contributed by atoms with Crippen molar-refractivity contribution in [3.05, 3.63) is 42.2 Å². The Hall–Kier alpha value is -2.14. The highest BCUT2D eigenvalue weighted by Gasteiger charge is 2.09. The van der Waals surface area contributed by atoms with Crippen molar-refractivity contribution >= 4 is 5.97 Å². The molecule has 0 unspecified atom stereocenters. The van der Waals surface area contributed by atoms with Crippen molar-refractivity contribution in [1.29, 1.82) is 0 Å². The summed E-state index contributed by atoms with van der Waals surface area (Å²) in [5.74, 6) is -0.0684. The lowest BCUT2D eigenvalue weighted by Gasteiger charge is -2.12. The van der Waals surface area contributed by atoms with Crippen LogP contribution in [-0.4, -0.2) is 34.7 Å². The lowest BCUT2D eigenvalue weighted by molar-refractivity contribution is -0.137. The normalized spacial score (nSPS) is 10.8. The van der Waals surface area contributed by atoms with Crippen molar-refractivity contribution in [3.63, 3.8) is 0 Å². The van der Waals surface area contributed by atoms with Crippen LogP contribution in [0.2, 0.25) is 0 Å². The Labute approximate surface area is 111 Å². The molecule has 100 valence electrons. The Bertz CT molecular complexity index is 537. The zero-order valence-electron chi connectivity index (χ0n) is 10.7. The van der Waals surface area contributed by atoms with Crippen LogP contribution in [0.25, 0.3) is 11.3 Å². The van der Waals surface area contributed by atoms with Crippen LogP contribution < -0.4 is 0 Å². The van der Waals surface area contributed by atoms with Gasteiger partial charge in [0.2, 0.25) is 0 Å². The molecule has 5 nitrogen and oxygen atoms in total. The van der Waals surface area contributed by atoms with Crippen LogP contribution in [0.1, 0.15) is 12.2 Å². The number of carbonyl (C=O) groups is 1. The summed E-state index contributed by atoms with van der Waals surface area (Å²) in [4.78, 5) is 12.4. The molecule has 2 rings (SSSR count). The molecule has 0 spiro atoms. The zero-order valence-corrected chi connectivity index (χ0v) is 10.7. The molecule has 0 saturated carbocycles. The molecule has 0 amide bonds. The van der Waals surface area contributed by atoms with Crippen LogP contribution in [-0.2, 0) is 11.3 Å². The minimum absolute atomic E-state index is 0.121. The number of aliphatic carboxylic acids is 1. The number of nitrogens with zero attached hydrogens (tertiary/aromatic N) is 2. The molecule has 2 aromatic rings. The summed E-state index contributed by atoms with van der Waals surface area (Å²) in [6, 6.07) is 11.7. The second kappa shape index (κ2) is 6.15. The standard InChI is InChI=1S/C14H16N2O3/c1-16(8-7-14(17)18)10-12-9-13(15-19-12)11-5-3-2-4-6-11/h2-6,9H,7-8,10H2,1H3,(H,17,18). The Morgan fingerprint density at radius 2 is 2.11 bits per heavy atom. The second-order valence-electron chi connectivity index (χ2n) is 4.43. The third-order valence-corrected chi connectivity index (χ3v) is 2.76. The molecule has 0 saturated heterocycles. The number of aromatic nitrogens is 1. The highest BCUT2D eigenvalue weighted by molar-refractivity contribution is 5.66. The maximum absolute atomic E-state index is 10.5. The lowest BCUT2D eigenvalue weighted by atomic mass is 10.1. The van der Waals surface area contributed by atoms with Gasteiger partial charge in [0.15, 0.2) is 5.76 Å². The summed E-state index contributed by atoms with van der Waals surface area (Å²) in [7, 11) is 1.85. The Morgan fingerprint density at radius 1 is 1.37 bits per heavy atom. The predicted octanol–water partition coefficient (Wildman–Crippen LogP) is 2.25. The molecule has 5 heteroatoms. The van der Waals surface area contributed by atoms with E-state index >= 15 is 0 Å². The first kappa shape index (κ1) is 13.3. The van der Waals surface area contributed by atoms with Crippen molar-refractivity contribution < 1.29 is 14.4 Å². The maximum atomic E-state index is 10.5. The van der Waals surface area contributed by atoms with Gasteiger partial charge in [0.1, 0.15) is 5.69 Å². The SMILES string of the molecule is CN(CCC(=O)O)Cc1cc(-c2ccccc2)no1. The number of hydrogen-bond acceptors (Lipinski definition) is 4. The van der Waals surface area contributed by atoms with Gasteiger partial charge in [0.25, 0.3) is 0 Å². The molecule has 0 aliphatic carbocycles. The van der Waals surface area contributed by atoms with Crippen LogP contribution in [0, 0.1) is 0 Å². The third-order valence-electron chi connectivity index (χ3n) is 2.76. The van der Waals surface area contributed by atoms with Crippen molar-refractivity contribution in [2.45, 2.75) is 13.0 Å². The average Bonchev–Trinajstić information content (AvgIpc) is 2.86. The first-order valence-corrected chi connectivity index (χ1v) is 6.06. The van der Waals surface area contributed by atoms with Crippen LogP contribution in [0.4, 0.5) is 0 Å². The van der Waals surface area contributed by atoms with Gasteiger partial charge in [-0.2, -0.15) is 0 Å². The van der Waals surface area contributed by atoms with E-state index in [1.807, 2.05) is 48.3 Å². The first-order chi connectivity index (χ1) is 9.15. The van der Waals surface area contributed by atoms with E-state index in [2.05, 4.69) is 5.16 Å². The fourth-order valence-electron chi connectivity index (χ4n) is 1.76. The van der Waals surface area contributed by atoms with Gasteiger partial charge in [-0.3, -0.25) is 9.69 Å². The van der Waals surface area contributed by atoms with Crippen molar-refractivity contribution in [2.24, 2.45) is 0 Å². The van der Waals surface area contributed by atoms with Gasteiger partial charge in [0, 0.05) is 18.2 Å². The van der Waals surface area contributed by atoms with E-state index in [0.29, 0.717) is 13.1 Å². The van der Waals surface area contributed by atoms with Crippen LogP contribution >= 0.6 is 0 Å². The van der Waals surface area contributed by atoms with Gasteiger partial charge in [-0.05, 0) is 7.05 Å². The predicted molar refractivity (Wildman–Crippen MR) is 70.5 cm³/mol. The monoisotopic (exact) mass is 260 g/mol. The molecule has 0 aliphatic heterocycles. The molecular weight excluding hydrogens is 244 g/mol. The number of carboxylic acid groups (broad SMARTS) is 1. The summed E-state index contributed by atoms with van der Waals surface area (Å²) >= 11 is 0. The molecule has 0 atom stereocenters. The molecule has 0 bridgehead atoms. The average molecular weight is 260 g/mol. The number of hydrogen-bond donors (Lipinski definition) is 1. The topological polar surface area (TPSA) is 66.6 Å². The van der Waals surface area contributed by atoms with Gasteiger partial charge in [-0.25, -0.2) is 0 Å². The second-order valence-corrected chi connectivity index (χ2v) is 4.43. The molecule has 1 aromatic heterocycles. The fourth-order valence-corrected chi connectivity index (χ4v) is 1.76. The van der Waals surface area contributed by atoms with Crippen molar-refractivity contribution in [3.8, 4) is 11.3 Å². The zero-order chi connectivity index (χ0) is 13.7. The van der Waals surface area contributed by atoms with Crippen LogP contribution in [0.5, 0.6) is 0 Å². The quantitative estimate of drug-likeness (QED) is 0.862. The van der Waals surface area contributed by atoms with Gasteiger partial charge < -0.3 is 9.63 Å². The highest BCUT2D eigenvalue weighted by Crippen LogP contribution is 2.19. The smallest absolute Gasteiger partial charge is 0.304 e. The first-order valence-electron chi connectivity index (χ1n) is 6.06. The molecular formula is C14H16N2O3. The molecule has 1 heterocycles. The molecule has 0 aliphatic rings. The van der Waals surface area contributed by atoms with Crippen LogP contribution in [0.3, 0.4) is 0 Å². The van der Waals surface area contributed by atoms with Crippen molar-refractivity contribution in [1.82, 2.24) is 10.1 Å². The Kier molecular flexibility index (Phi) is 4.30. The summed E-state index contributed by atoms with van der Waals surface area (Å²) in [5.41, 5.74) is 1.80. The Morgan fingerprint density at radius 3 is 2.79 bits per heavy atom. The van der Waals surface area contributed by atoms with Gasteiger partial charge in [-0.15, -0.1) is 0 Å². The maximum Gasteiger partial charge on any atom is 0.304 e. The summed E-state index contributed by atoms with van der Waals surface area (Å²) < 4.78 is 5.26. The molecule has 19 heavy (non-hydrogen) atoms. The van der Waals surface area contributed by atoms with E-state index in [1.54, 1.807) is 0 Å². The van der Waals surface area contributed by atoms with Crippen LogP contribution in [0.15, 0.2) is 40.9 Å². The molecule has 0 fully saturated rings. The fraction of sp³-hybridized carbons (Fsp3) is 0.286. The molecule has 0 radical (unpaired) electrons. The van der Waals surface area contributed by atoms with E-state index in [0.717, 1.165) is 17.0 Å². The van der Waals surface area contributed by atoms with E-state index in [4.69, 9.17) is 9.63 Å². The van der Waals surface area contributed by atoms with E-state index in [-0.39, 0.29) is 6.42 Å². The number of rotatable bonds is 6. The van der Waals surface area contributed by atoms with Gasteiger partial charge in [0.05, 0.1) is 13.0 Å². The highest BCUT2D eigenvalue weighted by atomic mass is 16.5. The summed E-state index contributed by atoms with van der Waals surface area (Å²) in [6.45, 7) is 1.03. The molecule has 1 N–H and O–H groups in total. The Balaban J connectivity index is 1.96. The third kappa shape index (κ3) is 3.93. The minimum Gasteiger partial charge on any atom is -0.481 e. The minimum atomic E-state index is -0.797. The summed E-state index contributed by atoms with van der Waals surface area (Å²) in [6.07, 6.45) is 0.121. The molecule has 1 aromatic carbocycles. The van der Waals surface area contributed by atoms with E-state index < -0.39 is 5.97 Å². The van der Waals surface area contributed by atoms with Gasteiger partial charge >= 0.3 is 5.97 Å². The number of carboxylic acids is 1. The van der Waals surface area contributed by atoms with Crippen molar-refractivity contribution in [2.75, 3.05) is 13.6 Å². The lowest BCUT2D eigenvalue weighted by Crippen LogP contribution is -2.20. The number of benzene rings is 1. The van der Waals surface area contributed by atoms with Gasteiger partial charge in [-0.1, -0.05) is 35.5 Å². The largest absolute Gasteiger partial charge is 0.481 e. The van der Waals surface area contributed by atoms with E-state index in [9.17, 15) is 4.79 Å². The van der Waals surface area contributed by atoms with E-state index in [1.165, 1.54) is 0 Å². The summed E-state index contributed by atoms with van der Waals surface area (Å²) in [5, 5.41) is 12.6.